The zero-order valence-corrected chi connectivity index (χ0v) is 9.68. The van der Waals surface area contributed by atoms with Crippen LogP contribution in [0.5, 0.6) is 0 Å². The molecule has 1 N–H and O–H groups in total. The van der Waals surface area contributed by atoms with Crippen LogP contribution in [0.15, 0.2) is 0 Å². The van der Waals surface area contributed by atoms with Crippen molar-refractivity contribution in [1.82, 2.24) is 5.32 Å². The Labute approximate surface area is 87.4 Å². The summed E-state index contributed by atoms with van der Waals surface area (Å²) in [5.41, 5.74) is 0.241. The second kappa shape index (κ2) is 3.82. The Morgan fingerprint density at radius 3 is 2.71 bits per heavy atom. The largest absolute Gasteiger partial charge is 0.375 e. The first-order valence-electron chi connectivity index (χ1n) is 6.05. The van der Waals surface area contributed by atoms with Gasteiger partial charge in [0, 0.05) is 12.6 Å². The van der Waals surface area contributed by atoms with E-state index >= 15 is 0 Å². The SMILES string of the molecule is CCNC1CCOC2(C1)CC(C)C2C. The van der Waals surface area contributed by atoms with Crippen LogP contribution in [0.4, 0.5) is 0 Å². The van der Waals surface area contributed by atoms with Gasteiger partial charge in [0.2, 0.25) is 0 Å². The van der Waals surface area contributed by atoms with E-state index in [2.05, 4.69) is 26.1 Å². The second-order valence-electron chi connectivity index (χ2n) is 5.13. The molecule has 1 aliphatic carbocycles. The predicted octanol–water partition coefficient (Wildman–Crippen LogP) is 2.19. The summed E-state index contributed by atoms with van der Waals surface area (Å²) in [6, 6.07) is 0.698. The molecule has 0 aromatic rings. The molecule has 2 rings (SSSR count). The third-order valence-electron chi connectivity index (χ3n) is 4.29. The van der Waals surface area contributed by atoms with Gasteiger partial charge in [0.1, 0.15) is 0 Å². The van der Waals surface area contributed by atoms with Crippen molar-refractivity contribution in [2.45, 2.75) is 51.7 Å². The van der Waals surface area contributed by atoms with Crippen molar-refractivity contribution in [2.75, 3.05) is 13.2 Å². The van der Waals surface area contributed by atoms with Gasteiger partial charge in [-0.25, -0.2) is 0 Å². The topological polar surface area (TPSA) is 21.3 Å². The van der Waals surface area contributed by atoms with E-state index in [4.69, 9.17) is 4.74 Å². The van der Waals surface area contributed by atoms with E-state index in [-0.39, 0.29) is 5.60 Å². The quantitative estimate of drug-likeness (QED) is 0.732. The van der Waals surface area contributed by atoms with Gasteiger partial charge in [-0.05, 0) is 37.6 Å². The highest BCUT2D eigenvalue weighted by Gasteiger charge is 2.52. The Balaban J connectivity index is 1.94. The Morgan fingerprint density at radius 1 is 1.36 bits per heavy atom. The van der Waals surface area contributed by atoms with Crippen LogP contribution in [0.3, 0.4) is 0 Å². The van der Waals surface area contributed by atoms with Crippen LogP contribution in [0.2, 0.25) is 0 Å². The molecule has 1 aliphatic heterocycles. The maximum absolute atomic E-state index is 6.02. The summed E-state index contributed by atoms with van der Waals surface area (Å²) < 4.78 is 6.02. The highest BCUT2D eigenvalue weighted by Crippen LogP contribution is 2.50. The lowest BCUT2D eigenvalue weighted by Gasteiger charge is -2.56. The molecule has 2 heteroatoms. The molecule has 0 aromatic heterocycles. The van der Waals surface area contributed by atoms with Crippen LogP contribution in [-0.4, -0.2) is 24.8 Å². The summed E-state index contributed by atoms with van der Waals surface area (Å²) in [4.78, 5) is 0. The Kier molecular flexibility index (Phi) is 2.85. The minimum atomic E-state index is 0.241. The number of hydrogen-bond donors (Lipinski definition) is 1. The summed E-state index contributed by atoms with van der Waals surface area (Å²) >= 11 is 0. The van der Waals surface area contributed by atoms with Crippen molar-refractivity contribution in [2.24, 2.45) is 11.8 Å². The molecule has 2 nitrogen and oxygen atoms in total. The Hall–Kier alpha value is -0.0800. The third kappa shape index (κ3) is 1.59. The zero-order valence-electron chi connectivity index (χ0n) is 9.68. The van der Waals surface area contributed by atoms with E-state index in [1.165, 1.54) is 19.3 Å². The van der Waals surface area contributed by atoms with Gasteiger partial charge in [0.15, 0.2) is 0 Å². The maximum Gasteiger partial charge on any atom is 0.0727 e. The molecule has 1 heterocycles. The smallest absolute Gasteiger partial charge is 0.0727 e. The normalized spacial score (nSPS) is 47.8. The minimum Gasteiger partial charge on any atom is -0.375 e. The molecule has 1 spiro atoms. The maximum atomic E-state index is 6.02. The van der Waals surface area contributed by atoms with Gasteiger partial charge in [0.25, 0.3) is 0 Å². The summed E-state index contributed by atoms with van der Waals surface area (Å²) in [5.74, 6) is 1.61. The van der Waals surface area contributed by atoms with Crippen LogP contribution in [0.1, 0.15) is 40.0 Å². The summed E-state index contributed by atoms with van der Waals surface area (Å²) in [6.45, 7) is 8.92. The number of rotatable bonds is 2. The van der Waals surface area contributed by atoms with Gasteiger partial charge in [-0.15, -0.1) is 0 Å². The molecule has 4 atom stereocenters. The molecular formula is C12H23NO. The fourth-order valence-electron chi connectivity index (χ4n) is 3.17. The minimum absolute atomic E-state index is 0.241. The van der Waals surface area contributed by atoms with Crippen molar-refractivity contribution in [3.8, 4) is 0 Å². The van der Waals surface area contributed by atoms with Crippen LogP contribution in [-0.2, 0) is 4.74 Å². The molecule has 0 aromatic carbocycles. The van der Waals surface area contributed by atoms with Gasteiger partial charge in [-0.1, -0.05) is 20.8 Å². The van der Waals surface area contributed by atoms with Gasteiger partial charge in [0.05, 0.1) is 5.60 Å². The highest BCUT2D eigenvalue weighted by molar-refractivity contribution is 5.03. The van der Waals surface area contributed by atoms with Crippen LogP contribution < -0.4 is 5.32 Å². The lowest BCUT2D eigenvalue weighted by Crippen LogP contribution is -2.59. The van der Waals surface area contributed by atoms with Crippen molar-refractivity contribution in [1.29, 1.82) is 0 Å². The lowest BCUT2D eigenvalue weighted by molar-refractivity contribution is -0.197. The molecule has 4 unspecified atom stereocenters. The first-order valence-corrected chi connectivity index (χ1v) is 6.05. The average Bonchev–Trinajstić information content (AvgIpc) is 2.19. The second-order valence-corrected chi connectivity index (χ2v) is 5.13. The fraction of sp³-hybridized carbons (Fsp3) is 1.00. The van der Waals surface area contributed by atoms with E-state index in [1.54, 1.807) is 0 Å². The number of nitrogens with one attached hydrogen (secondary N) is 1. The molecule has 0 amide bonds. The van der Waals surface area contributed by atoms with E-state index in [0.29, 0.717) is 6.04 Å². The molecule has 1 saturated carbocycles. The molecular weight excluding hydrogens is 174 g/mol. The van der Waals surface area contributed by atoms with Crippen molar-refractivity contribution in [3.63, 3.8) is 0 Å². The molecule has 14 heavy (non-hydrogen) atoms. The Morgan fingerprint density at radius 2 is 2.14 bits per heavy atom. The molecule has 2 fully saturated rings. The van der Waals surface area contributed by atoms with Crippen molar-refractivity contribution >= 4 is 0 Å². The summed E-state index contributed by atoms with van der Waals surface area (Å²) in [6.07, 6.45) is 3.69. The number of hydrogen-bond acceptors (Lipinski definition) is 2. The van der Waals surface area contributed by atoms with Gasteiger partial charge < -0.3 is 10.1 Å². The summed E-state index contributed by atoms with van der Waals surface area (Å²) in [5, 5.41) is 3.56. The standard InChI is InChI=1S/C12H23NO/c1-4-13-11-5-6-14-12(8-11)7-9(2)10(12)3/h9-11,13H,4-8H2,1-3H3. The van der Waals surface area contributed by atoms with Crippen LogP contribution in [0.25, 0.3) is 0 Å². The molecule has 0 bridgehead atoms. The van der Waals surface area contributed by atoms with Crippen molar-refractivity contribution < 1.29 is 4.74 Å². The molecule has 0 radical (unpaired) electrons. The summed E-state index contributed by atoms with van der Waals surface area (Å²) in [7, 11) is 0. The van der Waals surface area contributed by atoms with Crippen LogP contribution in [0, 0.1) is 11.8 Å². The first-order chi connectivity index (χ1) is 6.68. The Bertz CT molecular complexity index is 200. The monoisotopic (exact) mass is 197 g/mol. The van der Waals surface area contributed by atoms with Gasteiger partial charge >= 0.3 is 0 Å². The van der Waals surface area contributed by atoms with E-state index in [1.807, 2.05) is 0 Å². The van der Waals surface area contributed by atoms with Gasteiger partial charge in [-0.2, -0.15) is 0 Å². The molecule has 2 aliphatic rings. The van der Waals surface area contributed by atoms with E-state index in [0.717, 1.165) is 25.0 Å². The van der Waals surface area contributed by atoms with Crippen LogP contribution >= 0.6 is 0 Å². The fourth-order valence-corrected chi connectivity index (χ4v) is 3.17. The van der Waals surface area contributed by atoms with Crippen molar-refractivity contribution in [3.05, 3.63) is 0 Å². The first kappa shape index (κ1) is 10.4. The number of ether oxygens (including phenoxy) is 1. The van der Waals surface area contributed by atoms with Gasteiger partial charge in [-0.3, -0.25) is 0 Å². The zero-order chi connectivity index (χ0) is 10.2. The highest BCUT2D eigenvalue weighted by atomic mass is 16.5. The molecule has 82 valence electrons. The predicted molar refractivity (Wildman–Crippen MR) is 58.3 cm³/mol. The van der Waals surface area contributed by atoms with E-state index < -0.39 is 0 Å². The average molecular weight is 197 g/mol. The third-order valence-corrected chi connectivity index (χ3v) is 4.29. The lowest BCUT2D eigenvalue weighted by atomic mass is 9.59. The molecule has 1 saturated heterocycles. The van der Waals surface area contributed by atoms with E-state index in [9.17, 15) is 0 Å².